The predicted octanol–water partition coefficient (Wildman–Crippen LogP) is 9.66. The number of fused-ring (bicyclic) bond motifs is 7. The van der Waals surface area contributed by atoms with Crippen LogP contribution in [0.4, 0.5) is 0 Å². The predicted molar refractivity (Wildman–Crippen MR) is 161 cm³/mol. The number of benzene rings is 5. The van der Waals surface area contributed by atoms with Crippen molar-refractivity contribution in [1.82, 2.24) is 15.2 Å². The van der Waals surface area contributed by atoms with Gasteiger partial charge in [-0.05, 0) is 51.3 Å². The second-order valence-corrected chi connectivity index (χ2v) is 10.9. The number of nitrogens with zero attached hydrogens (tertiary/aromatic N) is 3. The second kappa shape index (κ2) is 9.02. The number of hydrogen-bond donors (Lipinski definition) is 0. The van der Waals surface area contributed by atoms with Gasteiger partial charge in [0.1, 0.15) is 11.2 Å². The summed E-state index contributed by atoms with van der Waals surface area (Å²) in [6, 6.07) is 29.9. The Balaban J connectivity index is 1.49. The summed E-state index contributed by atoms with van der Waals surface area (Å²) in [5.74, 6) is 1.29. The number of aromatic nitrogens is 3. The molecule has 0 unspecified atom stereocenters. The zero-order chi connectivity index (χ0) is 26.7. The maximum Gasteiger partial charge on any atom is 0.186 e. The first-order chi connectivity index (χ1) is 19.0. The Morgan fingerprint density at radius 2 is 1.28 bits per heavy atom. The van der Waals surface area contributed by atoms with E-state index in [-0.39, 0.29) is 0 Å². The van der Waals surface area contributed by atoms with Gasteiger partial charge in [0.15, 0.2) is 5.82 Å². The third-order valence-corrected chi connectivity index (χ3v) is 7.80. The van der Waals surface area contributed by atoms with E-state index in [0.717, 1.165) is 49.5 Å². The standard InChI is InChI=1S/C35H29N3O/c1-20(2)24-11-7-12-25(21(3)4)32(24)30-19-36-38-35(37-30)29-14-8-13-27-28-18-17-23-16-15-22-9-5-6-10-26(22)31(23)34(28)39-33(27)29/h5-21H,1-4H3. The molecule has 5 aromatic carbocycles. The fourth-order valence-corrected chi connectivity index (χ4v) is 5.90. The molecule has 0 fully saturated rings. The van der Waals surface area contributed by atoms with Gasteiger partial charge in [0.25, 0.3) is 0 Å². The van der Waals surface area contributed by atoms with Crippen LogP contribution < -0.4 is 0 Å². The highest BCUT2D eigenvalue weighted by Crippen LogP contribution is 2.41. The van der Waals surface area contributed by atoms with Crippen LogP contribution in [0, 0.1) is 0 Å². The van der Waals surface area contributed by atoms with Crippen molar-refractivity contribution >= 4 is 43.5 Å². The Morgan fingerprint density at radius 1 is 0.615 bits per heavy atom. The average Bonchev–Trinajstić information content (AvgIpc) is 3.35. The van der Waals surface area contributed by atoms with Crippen LogP contribution in [-0.4, -0.2) is 15.2 Å². The van der Waals surface area contributed by atoms with E-state index in [1.807, 2.05) is 6.07 Å². The average molecular weight is 508 g/mol. The van der Waals surface area contributed by atoms with Crippen molar-refractivity contribution in [2.75, 3.05) is 0 Å². The summed E-state index contributed by atoms with van der Waals surface area (Å²) in [6.45, 7) is 8.90. The first-order valence-corrected chi connectivity index (χ1v) is 13.6. The van der Waals surface area contributed by atoms with Gasteiger partial charge in [-0.2, -0.15) is 5.10 Å². The van der Waals surface area contributed by atoms with Crippen molar-refractivity contribution in [1.29, 1.82) is 0 Å². The normalized spacial score (nSPS) is 12.1. The number of hydrogen-bond acceptors (Lipinski definition) is 4. The molecule has 39 heavy (non-hydrogen) atoms. The molecule has 0 bridgehead atoms. The van der Waals surface area contributed by atoms with Gasteiger partial charge in [0.05, 0.1) is 17.5 Å². The number of para-hydroxylation sites is 1. The Labute approximate surface area is 227 Å². The highest BCUT2D eigenvalue weighted by Gasteiger charge is 2.20. The summed E-state index contributed by atoms with van der Waals surface area (Å²) in [5.41, 5.74) is 7.07. The zero-order valence-electron chi connectivity index (χ0n) is 22.6. The minimum absolute atomic E-state index is 0.360. The lowest BCUT2D eigenvalue weighted by molar-refractivity contribution is 0.673. The molecule has 0 radical (unpaired) electrons. The Hall–Kier alpha value is -4.57. The molecule has 0 aliphatic rings. The van der Waals surface area contributed by atoms with Crippen molar-refractivity contribution in [3.05, 3.63) is 102 Å². The van der Waals surface area contributed by atoms with E-state index in [2.05, 4.69) is 117 Å². The maximum absolute atomic E-state index is 6.72. The summed E-state index contributed by atoms with van der Waals surface area (Å²) >= 11 is 0. The first kappa shape index (κ1) is 23.5. The summed E-state index contributed by atoms with van der Waals surface area (Å²) < 4.78 is 6.72. The monoisotopic (exact) mass is 507 g/mol. The molecule has 0 N–H and O–H groups in total. The largest absolute Gasteiger partial charge is 0.455 e. The van der Waals surface area contributed by atoms with E-state index >= 15 is 0 Å². The van der Waals surface area contributed by atoms with Gasteiger partial charge in [0, 0.05) is 21.7 Å². The Kier molecular flexibility index (Phi) is 5.44. The van der Waals surface area contributed by atoms with E-state index in [1.54, 1.807) is 6.20 Å². The lowest BCUT2D eigenvalue weighted by Crippen LogP contribution is -2.03. The van der Waals surface area contributed by atoms with Gasteiger partial charge < -0.3 is 4.42 Å². The van der Waals surface area contributed by atoms with Crippen molar-refractivity contribution in [3.8, 4) is 22.6 Å². The topological polar surface area (TPSA) is 51.8 Å². The van der Waals surface area contributed by atoms with Gasteiger partial charge in [-0.25, -0.2) is 4.98 Å². The van der Waals surface area contributed by atoms with Gasteiger partial charge in [0.2, 0.25) is 0 Å². The molecular formula is C35H29N3O. The minimum Gasteiger partial charge on any atom is -0.455 e. The van der Waals surface area contributed by atoms with Crippen LogP contribution in [0.5, 0.6) is 0 Å². The van der Waals surface area contributed by atoms with Crippen LogP contribution in [0.2, 0.25) is 0 Å². The Bertz CT molecular complexity index is 2010. The summed E-state index contributed by atoms with van der Waals surface area (Å²) in [7, 11) is 0. The molecule has 190 valence electrons. The maximum atomic E-state index is 6.72. The van der Waals surface area contributed by atoms with Crippen LogP contribution in [0.1, 0.15) is 50.7 Å². The van der Waals surface area contributed by atoms with Crippen molar-refractivity contribution < 1.29 is 4.42 Å². The number of rotatable bonds is 4. The van der Waals surface area contributed by atoms with Crippen LogP contribution >= 0.6 is 0 Å². The van der Waals surface area contributed by atoms with Gasteiger partial charge in [-0.1, -0.05) is 100 Å². The molecule has 0 aliphatic carbocycles. The van der Waals surface area contributed by atoms with Gasteiger partial charge >= 0.3 is 0 Å². The van der Waals surface area contributed by atoms with Crippen molar-refractivity contribution in [3.63, 3.8) is 0 Å². The van der Waals surface area contributed by atoms with Crippen LogP contribution in [-0.2, 0) is 0 Å². The quantitative estimate of drug-likeness (QED) is 0.223. The van der Waals surface area contributed by atoms with E-state index in [0.29, 0.717) is 17.7 Å². The summed E-state index contributed by atoms with van der Waals surface area (Å²) in [6.07, 6.45) is 1.79. The molecule has 2 heterocycles. The highest BCUT2D eigenvalue weighted by molar-refractivity contribution is 6.23. The lowest BCUT2D eigenvalue weighted by atomic mass is 9.87. The third kappa shape index (κ3) is 3.70. The molecule has 0 spiro atoms. The molecule has 2 aromatic heterocycles. The van der Waals surface area contributed by atoms with E-state index in [4.69, 9.17) is 9.40 Å². The van der Waals surface area contributed by atoms with E-state index < -0.39 is 0 Å². The molecule has 0 saturated heterocycles. The highest BCUT2D eigenvalue weighted by atomic mass is 16.3. The molecule has 7 rings (SSSR count). The lowest BCUT2D eigenvalue weighted by Gasteiger charge is -2.19. The molecule has 0 aliphatic heterocycles. The molecule has 0 saturated carbocycles. The van der Waals surface area contributed by atoms with Gasteiger partial charge in [-0.15, -0.1) is 5.10 Å². The minimum atomic E-state index is 0.360. The molecule has 4 nitrogen and oxygen atoms in total. The van der Waals surface area contributed by atoms with Crippen molar-refractivity contribution in [2.24, 2.45) is 0 Å². The van der Waals surface area contributed by atoms with Crippen LogP contribution in [0.15, 0.2) is 95.5 Å². The molecule has 0 atom stereocenters. The zero-order valence-corrected chi connectivity index (χ0v) is 22.6. The fraction of sp³-hybridized carbons (Fsp3) is 0.171. The van der Waals surface area contributed by atoms with Gasteiger partial charge in [-0.3, -0.25) is 0 Å². The molecule has 4 heteroatoms. The smallest absolute Gasteiger partial charge is 0.186 e. The SMILES string of the molecule is CC(C)c1cccc(C(C)C)c1-c1cnnc(-c2cccc3c2oc2c3ccc3ccc4ccccc4c32)n1. The van der Waals surface area contributed by atoms with E-state index in [1.165, 1.54) is 21.9 Å². The second-order valence-electron chi connectivity index (χ2n) is 10.9. The first-order valence-electron chi connectivity index (χ1n) is 13.6. The molecule has 0 amide bonds. The number of furan rings is 1. The molecule has 7 aromatic rings. The summed E-state index contributed by atoms with van der Waals surface area (Å²) in [4.78, 5) is 5.10. The van der Waals surface area contributed by atoms with Crippen LogP contribution in [0.3, 0.4) is 0 Å². The molecular weight excluding hydrogens is 478 g/mol. The summed E-state index contributed by atoms with van der Waals surface area (Å²) in [5, 5.41) is 15.8. The van der Waals surface area contributed by atoms with Crippen molar-refractivity contribution in [2.45, 2.75) is 39.5 Å². The van der Waals surface area contributed by atoms with Crippen LogP contribution in [0.25, 0.3) is 66.1 Å². The van der Waals surface area contributed by atoms with E-state index in [9.17, 15) is 0 Å². The Morgan fingerprint density at radius 3 is 2.08 bits per heavy atom. The third-order valence-electron chi connectivity index (χ3n) is 7.80. The fourth-order valence-electron chi connectivity index (χ4n) is 5.90.